The molecule has 144 valence electrons. The molecule has 1 saturated carbocycles. The van der Waals surface area contributed by atoms with Crippen molar-refractivity contribution in [3.63, 3.8) is 0 Å². The number of hydrogen-bond donors (Lipinski definition) is 1. The van der Waals surface area contributed by atoms with Crippen molar-refractivity contribution >= 4 is 28.6 Å². The summed E-state index contributed by atoms with van der Waals surface area (Å²) in [7, 11) is 1.64. The molecule has 0 radical (unpaired) electrons. The largest absolute Gasteiger partial charge is 0.497 e. The molecule has 0 unspecified atom stereocenters. The maximum atomic E-state index is 12.7. The number of rotatable bonds is 5. The number of para-hydroxylation sites is 1. The summed E-state index contributed by atoms with van der Waals surface area (Å²) in [6.07, 6.45) is 7.53. The van der Waals surface area contributed by atoms with Crippen LogP contribution in [0.25, 0.3) is 11.0 Å². The lowest BCUT2D eigenvalue weighted by Gasteiger charge is -2.17. The summed E-state index contributed by atoms with van der Waals surface area (Å²) in [6.45, 7) is 0. The summed E-state index contributed by atoms with van der Waals surface area (Å²) in [5.41, 5.74) is 2.22. The van der Waals surface area contributed by atoms with Crippen molar-refractivity contribution in [2.45, 2.75) is 38.1 Å². The first kappa shape index (κ1) is 18.3. The summed E-state index contributed by atoms with van der Waals surface area (Å²) in [6, 6.07) is 15.4. The third-order valence-corrected chi connectivity index (χ3v) is 5.20. The van der Waals surface area contributed by atoms with Crippen molar-refractivity contribution in [2.75, 3.05) is 12.4 Å². The van der Waals surface area contributed by atoms with Crippen molar-refractivity contribution in [2.24, 2.45) is 4.99 Å². The van der Waals surface area contributed by atoms with E-state index >= 15 is 0 Å². The van der Waals surface area contributed by atoms with E-state index in [1.807, 2.05) is 42.5 Å². The fraction of sp³-hybridized carbons (Fsp3) is 0.304. The summed E-state index contributed by atoms with van der Waals surface area (Å²) in [4.78, 5) is 17.4. The average Bonchev–Trinajstić information content (AvgIpc) is 2.74. The Hall–Kier alpha value is -3.08. The fourth-order valence-corrected chi connectivity index (χ4v) is 3.64. The second kappa shape index (κ2) is 8.30. The van der Waals surface area contributed by atoms with Crippen LogP contribution in [0.1, 0.15) is 37.7 Å². The smallest absolute Gasteiger partial charge is 0.347 e. The highest BCUT2D eigenvalue weighted by Crippen LogP contribution is 2.29. The van der Waals surface area contributed by atoms with Crippen molar-refractivity contribution < 1.29 is 9.15 Å². The SMILES string of the molecule is COc1ccc(Nc2c(C=NC3CCCCC3)c(=O)oc3ccccc23)cc1. The van der Waals surface area contributed by atoms with Crippen molar-refractivity contribution in [1.82, 2.24) is 0 Å². The van der Waals surface area contributed by atoms with Crippen LogP contribution in [-0.2, 0) is 0 Å². The molecule has 5 heteroatoms. The van der Waals surface area contributed by atoms with Crippen LogP contribution < -0.4 is 15.7 Å². The van der Waals surface area contributed by atoms with E-state index in [1.54, 1.807) is 19.4 Å². The second-order valence-electron chi connectivity index (χ2n) is 7.10. The van der Waals surface area contributed by atoms with Crippen molar-refractivity contribution in [1.29, 1.82) is 0 Å². The summed E-state index contributed by atoms with van der Waals surface area (Å²) < 4.78 is 10.8. The van der Waals surface area contributed by atoms with E-state index < -0.39 is 0 Å². The van der Waals surface area contributed by atoms with E-state index in [0.717, 1.165) is 35.4 Å². The molecule has 0 amide bonds. The highest BCUT2D eigenvalue weighted by atomic mass is 16.5. The van der Waals surface area contributed by atoms with Gasteiger partial charge >= 0.3 is 5.63 Å². The van der Waals surface area contributed by atoms with E-state index in [2.05, 4.69) is 5.32 Å². The van der Waals surface area contributed by atoms with Crippen LogP contribution in [0.5, 0.6) is 5.75 Å². The zero-order valence-electron chi connectivity index (χ0n) is 16.0. The van der Waals surface area contributed by atoms with Gasteiger partial charge in [0.25, 0.3) is 0 Å². The molecule has 1 N–H and O–H groups in total. The third kappa shape index (κ3) is 3.93. The van der Waals surface area contributed by atoms with Gasteiger partial charge in [-0.05, 0) is 49.2 Å². The molecule has 4 rings (SSSR count). The topological polar surface area (TPSA) is 63.8 Å². The van der Waals surface area contributed by atoms with Gasteiger partial charge in [0.15, 0.2) is 0 Å². The molecule has 2 aromatic carbocycles. The molecule has 0 aliphatic heterocycles. The highest BCUT2D eigenvalue weighted by Gasteiger charge is 2.16. The van der Waals surface area contributed by atoms with Crippen LogP contribution in [0.4, 0.5) is 11.4 Å². The summed E-state index contributed by atoms with van der Waals surface area (Å²) >= 11 is 0. The van der Waals surface area contributed by atoms with Crippen molar-refractivity contribution in [3.05, 3.63) is 64.5 Å². The Morgan fingerprint density at radius 2 is 1.82 bits per heavy atom. The molecule has 0 atom stereocenters. The van der Waals surface area contributed by atoms with E-state index in [9.17, 15) is 4.79 Å². The zero-order chi connectivity index (χ0) is 19.3. The van der Waals surface area contributed by atoms with Gasteiger partial charge in [-0.1, -0.05) is 31.4 Å². The minimum Gasteiger partial charge on any atom is -0.497 e. The minimum atomic E-state index is -0.380. The van der Waals surface area contributed by atoms with Gasteiger partial charge in [-0.3, -0.25) is 4.99 Å². The Morgan fingerprint density at radius 1 is 1.07 bits per heavy atom. The van der Waals surface area contributed by atoms with Gasteiger partial charge in [-0.25, -0.2) is 4.79 Å². The Bertz CT molecular complexity index is 1030. The molecule has 5 nitrogen and oxygen atoms in total. The normalized spacial score (nSPS) is 15.2. The fourth-order valence-electron chi connectivity index (χ4n) is 3.64. The molecule has 0 spiro atoms. The van der Waals surface area contributed by atoms with E-state index in [1.165, 1.54) is 19.3 Å². The molecule has 0 bridgehead atoms. The molecule has 1 heterocycles. The van der Waals surface area contributed by atoms with Gasteiger partial charge in [0, 0.05) is 23.3 Å². The molecule has 28 heavy (non-hydrogen) atoms. The standard InChI is InChI=1S/C23H24N2O3/c1-27-18-13-11-17(12-14-18)25-22-19-9-5-6-10-21(19)28-23(26)20(22)15-24-16-7-3-2-4-8-16/h5-6,9-16,25H,2-4,7-8H2,1H3. The molecule has 1 aliphatic rings. The lowest BCUT2D eigenvalue weighted by Crippen LogP contribution is -2.14. The predicted molar refractivity (Wildman–Crippen MR) is 113 cm³/mol. The van der Waals surface area contributed by atoms with E-state index in [-0.39, 0.29) is 11.7 Å². The number of benzene rings is 2. The van der Waals surface area contributed by atoms with Crippen LogP contribution in [0.2, 0.25) is 0 Å². The Balaban J connectivity index is 1.76. The number of methoxy groups -OCH3 is 1. The molecule has 1 fully saturated rings. The first-order valence-corrected chi connectivity index (χ1v) is 9.75. The zero-order valence-corrected chi connectivity index (χ0v) is 16.0. The molecular formula is C23H24N2O3. The lowest BCUT2D eigenvalue weighted by molar-refractivity contribution is 0.415. The molecule has 1 aromatic heterocycles. The molecule has 3 aromatic rings. The predicted octanol–water partition coefficient (Wildman–Crippen LogP) is 5.30. The lowest BCUT2D eigenvalue weighted by atomic mass is 9.96. The average molecular weight is 376 g/mol. The quantitative estimate of drug-likeness (QED) is 0.485. The monoisotopic (exact) mass is 376 g/mol. The van der Waals surface area contributed by atoms with Crippen LogP contribution in [0.3, 0.4) is 0 Å². The summed E-state index contributed by atoms with van der Waals surface area (Å²) in [5.74, 6) is 0.780. The Kier molecular flexibility index (Phi) is 5.42. The molecular weight excluding hydrogens is 352 g/mol. The second-order valence-corrected chi connectivity index (χ2v) is 7.10. The van der Waals surface area contributed by atoms with Crippen LogP contribution in [0, 0.1) is 0 Å². The number of hydrogen-bond acceptors (Lipinski definition) is 5. The third-order valence-electron chi connectivity index (χ3n) is 5.20. The number of anilines is 2. The first-order valence-electron chi connectivity index (χ1n) is 9.75. The van der Waals surface area contributed by atoms with Gasteiger partial charge in [0.2, 0.25) is 0 Å². The number of nitrogens with zero attached hydrogens (tertiary/aromatic N) is 1. The van der Waals surface area contributed by atoms with Gasteiger partial charge in [0.1, 0.15) is 16.9 Å². The number of fused-ring (bicyclic) bond motifs is 1. The van der Waals surface area contributed by atoms with Crippen LogP contribution in [-0.4, -0.2) is 19.4 Å². The van der Waals surface area contributed by atoms with E-state index in [0.29, 0.717) is 11.1 Å². The van der Waals surface area contributed by atoms with Gasteiger partial charge in [-0.2, -0.15) is 0 Å². The maximum Gasteiger partial charge on any atom is 0.347 e. The van der Waals surface area contributed by atoms with Gasteiger partial charge < -0.3 is 14.5 Å². The van der Waals surface area contributed by atoms with Crippen molar-refractivity contribution in [3.8, 4) is 5.75 Å². The maximum absolute atomic E-state index is 12.7. The van der Waals surface area contributed by atoms with Crippen LogP contribution >= 0.6 is 0 Å². The van der Waals surface area contributed by atoms with Crippen LogP contribution in [0.15, 0.2) is 62.7 Å². The van der Waals surface area contributed by atoms with E-state index in [4.69, 9.17) is 14.1 Å². The molecule has 0 saturated heterocycles. The van der Waals surface area contributed by atoms with Gasteiger partial charge in [-0.15, -0.1) is 0 Å². The number of nitrogens with one attached hydrogen (secondary N) is 1. The number of aliphatic imine (C=N–C) groups is 1. The summed E-state index contributed by atoms with van der Waals surface area (Å²) in [5, 5.41) is 4.24. The van der Waals surface area contributed by atoms with Gasteiger partial charge in [0.05, 0.1) is 12.8 Å². The Labute approximate surface area is 164 Å². The minimum absolute atomic E-state index is 0.286. The molecule has 1 aliphatic carbocycles. The number of ether oxygens (including phenoxy) is 1. The highest BCUT2D eigenvalue weighted by molar-refractivity contribution is 6.01. The Morgan fingerprint density at radius 3 is 2.57 bits per heavy atom. The first-order chi connectivity index (χ1) is 13.7.